The van der Waals surface area contributed by atoms with Crippen LogP contribution in [0.2, 0.25) is 0 Å². The molecule has 3 rings (SSSR count). The molecule has 0 aromatic heterocycles. The van der Waals surface area contributed by atoms with Crippen molar-refractivity contribution in [1.29, 1.82) is 0 Å². The van der Waals surface area contributed by atoms with Gasteiger partial charge in [-0.3, -0.25) is 9.59 Å². The summed E-state index contributed by atoms with van der Waals surface area (Å²) in [6, 6.07) is 8.04. The van der Waals surface area contributed by atoms with Gasteiger partial charge in [-0.25, -0.2) is 9.18 Å². The van der Waals surface area contributed by atoms with Crippen molar-refractivity contribution < 1.29 is 37.1 Å². The fourth-order valence-electron chi connectivity index (χ4n) is 2.22. The van der Waals surface area contributed by atoms with Crippen LogP contribution >= 0.6 is 0 Å². The number of ether oxygens (including phenoxy) is 1. The van der Waals surface area contributed by atoms with Crippen LogP contribution in [-0.4, -0.2) is 29.5 Å². The predicted molar refractivity (Wildman–Crippen MR) is 75.4 cm³/mol. The average molecular weight is 351 g/mol. The molecule has 1 aliphatic rings. The summed E-state index contributed by atoms with van der Waals surface area (Å²) >= 11 is 0. The highest BCUT2D eigenvalue weighted by atomic mass is 19.3. The van der Waals surface area contributed by atoms with E-state index in [9.17, 15) is 27.6 Å². The zero-order valence-electron chi connectivity index (χ0n) is 12.2. The number of hydroxylamine groups is 2. The molecule has 1 heterocycles. The van der Waals surface area contributed by atoms with Gasteiger partial charge >= 0.3 is 12.6 Å². The van der Waals surface area contributed by atoms with Crippen LogP contribution in [0, 0.1) is 5.82 Å². The van der Waals surface area contributed by atoms with Crippen molar-refractivity contribution >= 4 is 17.8 Å². The summed E-state index contributed by atoms with van der Waals surface area (Å²) in [5.41, 5.74) is -0.721. The van der Waals surface area contributed by atoms with E-state index in [1.54, 1.807) is 0 Å². The molecule has 25 heavy (non-hydrogen) atoms. The fraction of sp³-hybridized carbons (Fsp3) is 0.0625. The summed E-state index contributed by atoms with van der Waals surface area (Å²) in [5, 5.41) is 0.188. The highest BCUT2D eigenvalue weighted by molar-refractivity contribution is 6.21. The van der Waals surface area contributed by atoms with Crippen molar-refractivity contribution in [3.05, 3.63) is 65.0 Å². The smallest absolute Gasteiger partial charge is 0.387 e. The Bertz CT molecular complexity index is 849. The Kier molecular flexibility index (Phi) is 4.14. The number of imide groups is 1. The molecule has 2 amide bonds. The van der Waals surface area contributed by atoms with Gasteiger partial charge in [0.2, 0.25) is 0 Å². The molecule has 2 aromatic carbocycles. The second kappa shape index (κ2) is 6.27. The lowest BCUT2D eigenvalue weighted by molar-refractivity contribution is -0.0591. The maximum absolute atomic E-state index is 13.8. The van der Waals surface area contributed by atoms with E-state index in [1.165, 1.54) is 24.3 Å². The normalized spacial score (nSPS) is 13.2. The van der Waals surface area contributed by atoms with Gasteiger partial charge in [0.05, 0.1) is 11.1 Å². The quantitative estimate of drug-likeness (QED) is 0.792. The van der Waals surface area contributed by atoms with E-state index in [-0.39, 0.29) is 16.2 Å². The number of fused-ring (bicyclic) bond motifs is 1. The molecule has 0 aliphatic carbocycles. The Morgan fingerprint density at radius 1 is 1.00 bits per heavy atom. The van der Waals surface area contributed by atoms with Crippen LogP contribution in [0.3, 0.4) is 0 Å². The summed E-state index contributed by atoms with van der Waals surface area (Å²) in [7, 11) is 0. The molecule has 0 saturated heterocycles. The molecule has 1 aliphatic heterocycles. The largest absolute Gasteiger partial charge is 0.435 e. The van der Waals surface area contributed by atoms with E-state index in [0.717, 1.165) is 12.1 Å². The third kappa shape index (κ3) is 3.03. The maximum Gasteiger partial charge on any atom is 0.387 e. The van der Waals surface area contributed by atoms with Gasteiger partial charge in [-0.1, -0.05) is 17.2 Å². The molecule has 0 atom stereocenters. The number of hydrogen-bond donors (Lipinski definition) is 0. The minimum Gasteiger partial charge on any atom is -0.435 e. The maximum atomic E-state index is 13.8. The van der Waals surface area contributed by atoms with Gasteiger partial charge in [-0.05, 0) is 30.3 Å². The van der Waals surface area contributed by atoms with Gasteiger partial charge < -0.3 is 9.57 Å². The van der Waals surface area contributed by atoms with E-state index in [0.29, 0.717) is 6.07 Å². The van der Waals surface area contributed by atoms with Crippen LogP contribution in [0.15, 0.2) is 42.5 Å². The third-order valence-electron chi connectivity index (χ3n) is 3.31. The molecule has 0 saturated carbocycles. The summed E-state index contributed by atoms with van der Waals surface area (Å²) in [5.74, 6) is -4.77. The standard InChI is InChI=1S/C16H8F3NO5/c17-12-6-5-8(24-16(18)19)7-11(12)15(23)25-20-13(21)9-3-1-2-4-10(9)14(20)22/h1-7,16H. The Morgan fingerprint density at radius 3 is 2.16 bits per heavy atom. The summed E-state index contributed by atoms with van der Waals surface area (Å²) < 4.78 is 42.2. The molecular formula is C16H8F3NO5. The minimum atomic E-state index is -3.18. The number of halogens is 3. The highest BCUT2D eigenvalue weighted by Gasteiger charge is 2.39. The van der Waals surface area contributed by atoms with Crippen LogP contribution in [0.5, 0.6) is 5.75 Å². The molecule has 0 bridgehead atoms. The second-order valence-electron chi connectivity index (χ2n) is 4.85. The topological polar surface area (TPSA) is 72.9 Å². The molecule has 0 spiro atoms. The summed E-state index contributed by atoms with van der Waals surface area (Å²) in [6.45, 7) is -3.18. The van der Waals surface area contributed by atoms with Crippen LogP contribution in [0.25, 0.3) is 0 Å². The van der Waals surface area contributed by atoms with Crippen molar-refractivity contribution in [2.75, 3.05) is 0 Å². The number of alkyl halides is 2. The van der Waals surface area contributed by atoms with Gasteiger partial charge in [0.15, 0.2) is 0 Å². The number of benzene rings is 2. The molecular weight excluding hydrogens is 343 g/mol. The number of hydrogen-bond acceptors (Lipinski definition) is 5. The van der Waals surface area contributed by atoms with Gasteiger partial charge in [0, 0.05) is 0 Å². The third-order valence-corrected chi connectivity index (χ3v) is 3.31. The molecule has 6 nitrogen and oxygen atoms in total. The Hall–Kier alpha value is -3.36. The molecule has 9 heteroatoms. The van der Waals surface area contributed by atoms with Crippen molar-refractivity contribution in [2.24, 2.45) is 0 Å². The first-order valence-corrected chi connectivity index (χ1v) is 6.83. The number of amides is 2. The zero-order valence-corrected chi connectivity index (χ0v) is 12.2. The summed E-state index contributed by atoms with van der Waals surface area (Å²) in [6.07, 6.45) is 0. The lowest BCUT2D eigenvalue weighted by atomic mass is 10.1. The van der Waals surface area contributed by atoms with Crippen LogP contribution in [0.4, 0.5) is 13.2 Å². The Morgan fingerprint density at radius 2 is 1.60 bits per heavy atom. The Labute approximate surface area is 138 Å². The van der Waals surface area contributed by atoms with E-state index in [1.807, 2.05) is 0 Å². The molecule has 0 N–H and O–H groups in total. The molecule has 2 aromatic rings. The van der Waals surface area contributed by atoms with E-state index in [4.69, 9.17) is 0 Å². The molecule has 0 fully saturated rings. The molecule has 128 valence electrons. The van der Waals surface area contributed by atoms with Crippen molar-refractivity contribution in [3.8, 4) is 5.75 Å². The first-order valence-electron chi connectivity index (χ1n) is 6.83. The number of carbonyl (C=O) groups is 3. The Balaban J connectivity index is 1.84. The lowest BCUT2D eigenvalue weighted by Gasteiger charge is -2.13. The second-order valence-corrected chi connectivity index (χ2v) is 4.85. The molecule has 0 radical (unpaired) electrons. The highest BCUT2D eigenvalue weighted by Crippen LogP contribution is 2.25. The SMILES string of the molecule is O=C(ON1C(=O)c2ccccc2C1=O)c1cc(OC(F)F)ccc1F. The monoisotopic (exact) mass is 351 g/mol. The van der Waals surface area contributed by atoms with Crippen LogP contribution in [0.1, 0.15) is 31.1 Å². The summed E-state index contributed by atoms with van der Waals surface area (Å²) in [4.78, 5) is 40.9. The molecule has 0 unspecified atom stereocenters. The van der Waals surface area contributed by atoms with E-state index in [2.05, 4.69) is 9.57 Å². The van der Waals surface area contributed by atoms with Gasteiger partial charge in [-0.2, -0.15) is 8.78 Å². The van der Waals surface area contributed by atoms with E-state index < -0.39 is 41.5 Å². The predicted octanol–water partition coefficient (Wildman–Crippen LogP) is 2.80. The zero-order chi connectivity index (χ0) is 18.1. The number of carbonyl (C=O) groups excluding carboxylic acids is 3. The fourth-order valence-corrected chi connectivity index (χ4v) is 2.22. The van der Waals surface area contributed by atoms with Gasteiger partial charge in [-0.15, -0.1) is 0 Å². The van der Waals surface area contributed by atoms with Crippen LogP contribution in [-0.2, 0) is 4.84 Å². The van der Waals surface area contributed by atoms with Crippen LogP contribution < -0.4 is 4.74 Å². The first kappa shape index (κ1) is 16.5. The number of rotatable bonds is 4. The van der Waals surface area contributed by atoms with Crippen molar-refractivity contribution in [1.82, 2.24) is 5.06 Å². The van der Waals surface area contributed by atoms with Crippen molar-refractivity contribution in [2.45, 2.75) is 6.61 Å². The number of nitrogens with zero attached hydrogens (tertiary/aromatic N) is 1. The lowest BCUT2D eigenvalue weighted by Crippen LogP contribution is -2.33. The van der Waals surface area contributed by atoms with Gasteiger partial charge in [0.25, 0.3) is 11.8 Å². The average Bonchev–Trinajstić information content (AvgIpc) is 2.81. The van der Waals surface area contributed by atoms with E-state index >= 15 is 0 Å². The van der Waals surface area contributed by atoms with Gasteiger partial charge in [0.1, 0.15) is 17.1 Å². The first-order chi connectivity index (χ1) is 11.9. The minimum absolute atomic E-state index is 0.0237. The van der Waals surface area contributed by atoms with Crippen molar-refractivity contribution in [3.63, 3.8) is 0 Å².